The van der Waals surface area contributed by atoms with E-state index >= 15 is 0 Å². The summed E-state index contributed by atoms with van der Waals surface area (Å²) in [7, 11) is 3.73. The molecule has 0 amide bonds. The van der Waals surface area contributed by atoms with Gasteiger partial charge in [-0.15, -0.1) is 0 Å². The first-order valence-corrected chi connectivity index (χ1v) is 6.96. The Morgan fingerprint density at radius 1 is 1.00 bits per heavy atom. The Morgan fingerprint density at radius 2 is 1.65 bits per heavy atom. The van der Waals surface area contributed by atoms with Crippen molar-refractivity contribution in [2.24, 2.45) is 0 Å². The zero-order valence-electron chi connectivity index (χ0n) is 12.9. The van der Waals surface area contributed by atoms with Gasteiger partial charge in [-0.1, -0.05) is 35.9 Å². The van der Waals surface area contributed by atoms with Crippen molar-refractivity contribution in [1.29, 1.82) is 0 Å². The number of nitrogens with one attached hydrogen (secondary N) is 1. The van der Waals surface area contributed by atoms with Gasteiger partial charge in [0.25, 0.3) is 0 Å². The molecule has 0 aliphatic rings. The number of aryl methyl sites for hydroxylation is 3. The van der Waals surface area contributed by atoms with Crippen molar-refractivity contribution in [3.8, 4) is 5.75 Å². The summed E-state index contributed by atoms with van der Waals surface area (Å²) >= 11 is 0. The van der Waals surface area contributed by atoms with Crippen molar-refractivity contribution in [3.63, 3.8) is 0 Å². The minimum Gasteiger partial charge on any atom is -0.496 e. The minimum atomic E-state index is 0.144. The molecule has 0 radical (unpaired) electrons. The van der Waals surface area contributed by atoms with Gasteiger partial charge in [-0.25, -0.2) is 0 Å². The average molecular weight is 269 g/mol. The summed E-state index contributed by atoms with van der Waals surface area (Å²) in [6.07, 6.45) is 0. The van der Waals surface area contributed by atoms with E-state index in [2.05, 4.69) is 56.4 Å². The first kappa shape index (κ1) is 14.6. The monoisotopic (exact) mass is 269 g/mol. The normalized spacial score (nSPS) is 12.2. The molecule has 2 rings (SSSR count). The van der Waals surface area contributed by atoms with Crippen LogP contribution in [0.1, 0.15) is 33.9 Å². The lowest BCUT2D eigenvalue weighted by Crippen LogP contribution is -2.20. The molecule has 2 aromatic rings. The lowest BCUT2D eigenvalue weighted by atomic mass is 9.90. The molecule has 2 nitrogen and oxygen atoms in total. The van der Waals surface area contributed by atoms with Crippen molar-refractivity contribution >= 4 is 0 Å². The second-order valence-corrected chi connectivity index (χ2v) is 5.27. The van der Waals surface area contributed by atoms with Gasteiger partial charge >= 0.3 is 0 Å². The van der Waals surface area contributed by atoms with Gasteiger partial charge in [0.05, 0.1) is 13.2 Å². The van der Waals surface area contributed by atoms with Crippen molar-refractivity contribution in [3.05, 3.63) is 64.2 Å². The maximum absolute atomic E-state index is 5.54. The topological polar surface area (TPSA) is 21.3 Å². The Kier molecular flexibility index (Phi) is 4.46. The zero-order valence-corrected chi connectivity index (χ0v) is 12.9. The Morgan fingerprint density at radius 3 is 2.20 bits per heavy atom. The SMILES string of the molecule is CNC(c1cc(C)ccc1OC)c1c(C)cccc1C. The molecule has 1 atom stereocenters. The Bertz CT molecular complexity index is 584. The molecule has 0 aliphatic carbocycles. The zero-order chi connectivity index (χ0) is 14.7. The van der Waals surface area contributed by atoms with Gasteiger partial charge in [-0.05, 0) is 50.6 Å². The highest BCUT2D eigenvalue weighted by atomic mass is 16.5. The van der Waals surface area contributed by atoms with Gasteiger partial charge in [0, 0.05) is 5.56 Å². The number of methoxy groups -OCH3 is 1. The molecule has 0 aliphatic heterocycles. The average Bonchev–Trinajstić information content (AvgIpc) is 2.43. The van der Waals surface area contributed by atoms with Crippen LogP contribution in [0.15, 0.2) is 36.4 Å². The summed E-state index contributed by atoms with van der Waals surface area (Å²) in [4.78, 5) is 0. The molecule has 1 unspecified atom stereocenters. The fraction of sp³-hybridized carbons (Fsp3) is 0.333. The first-order chi connectivity index (χ1) is 9.58. The fourth-order valence-electron chi connectivity index (χ4n) is 2.82. The Hall–Kier alpha value is -1.80. The summed E-state index contributed by atoms with van der Waals surface area (Å²) in [5.41, 5.74) is 6.36. The number of hydrogen-bond acceptors (Lipinski definition) is 2. The summed E-state index contributed by atoms with van der Waals surface area (Å²) < 4.78 is 5.54. The van der Waals surface area contributed by atoms with Crippen LogP contribution in [0.5, 0.6) is 5.75 Å². The molecule has 0 fully saturated rings. The standard InChI is InChI=1S/C18H23NO/c1-12-9-10-16(20-5)15(11-12)18(19-4)17-13(2)7-6-8-14(17)3/h6-11,18-19H,1-5H3. The second-order valence-electron chi connectivity index (χ2n) is 5.27. The predicted molar refractivity (Wildman–Crippen MR) is 84.5 cm³/mol. The van der Waals surface area contributed by atoms with Gasteiger partial charge < -0.3 is 10.1 Å². The van der Waals surface area contributed by atoms with E-state index in [0.29, 0.717) is 0 Å². The second kappa shape index (κ2) is 6.10. The van der Waals surface area contributed by atoms with Crippen molar-refractivity contribution in [2.75, 3.05) is 14.2 Å². The maximum atomic E-state index is 5.54. The molecule has 0 heterocycles. The van der Waals surface area contributed by atoms with E-state index in [4.69, 9.17) is 4.74 Å². The number of ether oxygens (including phenoxy) is 1. The van der Waals surface area contributed by atoms with Crippen LogP contribution in [0.2, 0.25) is 0 Å². The van der Waals surface area contributed by atoms with Crippen LogP contribution < -0.4 is 10.1 Å². The molecule has 0 spiro atoms. The van der Waals surface area contributed by atoms with Gasteiger partial charge in [-0.2, -0.15) is 0 Å². The lowest BCUT2D eigenvalue weighted by Gasteiger charge is -2.24. The van der Waals surface area contributed by atoms with E-state index in [1.807, 2.05) is 13.1 Å². The largest absolute Gasteiger partial charge is 0.496 e. The van der Waals surface area contributed by atoms with Gasteiger partial charge in [0.15, 0.2) is 0 Å². The third-order valence-corrected chi connectivity index (χ3v) is 3.82. The predicted octanol–water partition coefficient (Wildman–Crippen LogP) is 3.93. The summed E-state index contributed by atoms with van der Waals surface area (Å²) in [6, 6.07) is 12.9. The van der Waals surface area contributed by atoms with Crippen molar-refractivity contribution in [1.82, 2.24) is 5.32 Å². The quantitative estimate of drug-likeness (QED) is 0.908. The van der Waals surface area contributed by atoms with E-state index in [1.165, 1.54) is 27.8 Å². The highest BCUT2D eigenvalue weighted by Gasteiger charge is 2.20. The Balaban J connectivity index is 2.61. The Labute approximate surface area is 121 Å². The fourth-order valence-corrected chi connectivity index (χ4v) is 2.82. The van der Waals surface area contributed by atoms with E-state index in [-0.39, 0.29) is 6.04 Å². The molecular weight excluding hydrogens is 246 g/mol. The van der Waals surface area contributed by atoms with Crippen LogP contribution >= 0.6 is 0 Å². The molecule has 2 heteroatoms. The van der Waals surface area contributed by atoms with E-state index < -0.39 is 0 Å². The summed E-state index contributed by atoms with van der Waals surface area (Å²) in [5.74, 6) is 0.928. The van der Waals surface area contributed by atoms with Crippen LogP contribution in [-0.2, 0) is 0 Å². The van der Waals surface area contributed by atoms with E-state index in [9.17, 15) is 0 Å². The highest BCUT2D eigenvalue weighted by Crippen LogP contribution is 2.33. The first-order valence-electron chi connectivity index (χ1n) is 6.96. The molecule has 0 saturated heterocycles. The van der Waals surface area contributed by atoms with Gasteiger partial charge in [-0.3, -0.25) is 0 Å². The molecule has 0 saturated carbocycles. The van der Waals surface area contributed by atoms with Crippen LogP contribution in [0, 0.1) is 20.8 Å². The third-order valence-electron chi connectivity index (χ3n) is 3.82. The third kappa shape index (κ3) is 2.70. The van der Waals surface area contributed by atoms with E-state index in [1.54, 1.807) is 7.11 Å². The number of hydrogen-bond donors (Lipinski definition) is 1. The molecule has 1 N–H and O–H groups in total. The van der Waals surface area contributed by atoms with Gasteiger partial charge in [0.1, 0.15) is 5.75 Å². The summed E-state index contributed by atoms with van der Waals surface area (Å²) in [6.45, 7) is 6.43. The molecule has 0 bridgehead atoms. The molecule has 2 aromatic carbocycles. The van der Waals surface area contributed by atoms with Crippen LogP contribution in [0.4, 0.5) is 0 Å². The highest BCUT2D eigenvalue weighted by molar-refractivity contribution is 5.48. The minimum absolute atomic E-state index is 0.144. The molecular formula is C18H23NO. The number of rotatable bonds is 4. The molecule has 0 aromatic heterocycles. The van der Waals surface area contributed by atoms with Gasteiger partial charge in [0.2, 0.25) is 0 Å². The van der Waals surface area contributed by atoms with E-state index in [0.717, 1.165) is 5.75 Å². The molecule has 20 heavy (non-hydrogen) atoms. The lowest BCUT2D eigenvalue weighted by molar-refractivity contribution is 0.405. The van der Waals surface area contributed by atoms with Crippen LogP contribution in [-0.4, -0.2) is 14.2 Å². The number of benzene rings is 2. The summed E-state index contributed by atoms with van der Waals surface area (Å²) in [5, 5.41) is 3.44. The maximum Gasteiger partial charge on any atom is 0.123 e. The smallest absolute Gasteiger partial charge is 0.123 e. The van der Waals surface area contributed by atoms with Crippen LogP contribution in [0.3, 0.4) is 0 Å². The van der Waals surface area contributed by atoms with Crippen molar-refractivity contribution in [2.45, 2.75) is 26.8 Å². The van der Waals surface area contributed by atoms with Crippen LogP contribution in [0.25, 0.3) is 0 Å². The van der Waals surface area contributed by atoms with Crippen molar-refractivity contribution < 1.29 is 4.74 Å². The molecule has 106 valence electrons.